The summed E-state index contributed by atoms with van der Waals surface area (Å²) in [7, 11) is 0. The Bertz CT molecular complexity index is 659. The van der Waals surface area contributed by atoms with Gasteiger partial charge < -0.3 is 4.90 Å². The average molecular weight is 311 g/mol. The lowest BCUT2D eigenvalue weighted by molar-refractivity contribution is 0.915. The van der Waals surface area contributed by atoms with E-state index in [0.29, 0.717) is 0 Å². The lowest BCUT2D eigenvalue weighted by Crippen LogP contribution is -2.19. The molecule has 0 bridgehead atoms. The molecule has 0 amide bonds. The van der Waals surface area contributed by atoms with Crippen molar-refractivity contribution in [2.24, 2.45) is 0 Å². The molecular formula is C18H21N3S. The minimum Gasteiger partial charge on any atom is -0.356 e. The number of rotatable bonds is 4. The van der Waals surface area contributed by atoms with Gasteiger partial charge in [-0.1, -0.05) is 18.2 Å². The highest BCUT2D eigenvalue weighted by Gasteiger charge is 2.14. The topological polar surface area (TPSA) is 29.0 Å². The Morgan fingerprint density at radius 3 is 2.45 bits per heavy atom. The Hall–Kier alpha value is -1.81. The van der Waals surface area contributed by atoms with Gasteiger partial charge in [0.15, 0.2) is 5.82 Å². The lowest BCUT2D eigenvalue weighted by atomic mass is 10.2. The fourth-order valence-corrected chi connectivity index (χ4v) is 3.05. The van der Waals surface area contributed by atoms with Crippen molar-refractivity contribution in [2.45, 2.75) is 24.7 Å². The van der Waals surface area contributed by atoms with Crippen LogP contribution in [0.4, 0.5) is 5.82 Å². The zero-order valence-corrected chi connectivity index (χ0v) is 13.9. The molecule has 1 aliphatic rings. The largest absolute Gasteiger partial charge is 0.356 e. The first-order chi connectivity index (χ1) is 10.7. The first kappa shape index (κ1) is 15.1. The summed E-state index contributed by atoms with van der Waals surface area (Å²) in [4.78, 5) is 12.8. The molecule has 4 heteroatoms. The fourth-order valence-electron chi connectivity index (χ4n) is 2.64. The van der Waals surface area contributed by atoms with E-state index in [9.17, 15) is 0 Å². The number of aryl methyl sites for hydroxylation is 1. The van der Waals surface area contributed by atoms with Gasteiger partial charge in [0.1, 0.15) is 5.82 Å². The molecule has 0 spiro atoms. The maximum absolute atomic E-state index is 4.69. The van der Waals surface area contributed by atoms with Gasteiger partial charge in [0.2, 0.25) is 0 Å². The van der Waals surface area contributed by atoms with E-state index in [-0.39, 0.29) is 0 Å². The molecule has 1 aliphatic heterocycles. The molecule has 3 nitrogen and oxygen atoms in total. The van der Waals surface area contributed by atoms with Crippen LogP contribution in [0.1, 0.15) is 29.9 Å². The van der Waals surface area contributed by atoms with Crippen molar-refractivity contribution in [3.05, 3.63) is 47.4 Å². The SMILES string of the molecule is CSc1ccc(/C=C/c2nc(C)cc(N3CCCC3)n2)cc1. The van der Waals surface area contributed by atoms with Crippen molar-refractivity contribution in [3.8, 4) is 0 Å². The van der Waals surface area contributed by atoms with Gasteiger partial charge in [-0.25, -0.2) is 9.97 Å². The number of thioether (sulfide) groups is 1. The predicted octanol–water partition coefficient (Wildman–Crippen LogP) is 4.28. The molecule has 1 fully saturated rings. The maximum atomic E-state index is 4.69. The first-order valence-corrected chi connectivity index (χ1v) is 8.90. The standard InChI is InChI=1S/C18H21N3S/c1-14-13-18(21-11-3-4-12-21)20-17(19-14)10-7-15-5-8-16(22-2)9-6-15/h5-10,13H,3-4,11-12H2,1-2H3/b10-7+. The van der Waals surface area contributed by atoms with Crippen molar-refractivity contribution < 1.29 is 0 Å². The van der Waals surface area contributed by atoms with Gasteiger partial charge >= 0.3 is 0 Å². The third-order valence-electron chi connectivity index (χ3n) is 3.83. The molecule has 1 aromatic heterocycles. The molecule has 0 unspecified atom stereocenters. The zero-order chi connectivity index (χ0) is 15.4. The summed E-state index contributed by atoms with van der Waals surface area (Å²) in [6, 6.07) is 10.6. The van der Waals surface area contributed by atoms with Crippen molar-refractivity contribution >= 4 is 29.7 Å². The van der Waals surface area contributed by atoms with E-state index in [1.54, 1.807) is 11.8 Å². The van der Waals surface area contributed by atoms with Crippen molar-refractivity contribution in [2.75, 3.05) is 24.2 Å². The molecule has 0 aliphatic carbocycles. The number of anilines is 1. The summed E-state index contributed by atoms with van der Waals surface area (Å²) in [5, 5.41) is 0. The summed E-state index contributed by atoms with van der Waals surface area (Å²) < 4.78 is 0. The Morgan fingerprint density at radius 2 is 1.77 bits per heavy atom. The molecule has 0 atom stereocenters. The molecule has 2 heterocycles. The van der Waals surface area contributed by atoms with E-state index in [2.05, 4.69) is 57.5 Å². The molecule has 0 N–H and O–H groups in total. The van der Waals surface area contributed by atoms with Gasteiger partial charge in [-0.2, -0.15) is 0 Å². The second-order valence-electron chi connectivity index (χ2n) is 5.53. The number of hydrogen-bond donors (Lipinski definition) is 0. The van der Waals surface area contributed by atoms with Crippen LogP contribution in [-0.2, 0) is 0 Å². The zero-order valence-electron chi connectivity index (χ0n) is 13.1. The minimum absolute atomic E-state index is 0.788. The van der Waals surface area contributed by atoms with Crippen LogP contribution in [0.5, 0.6) is 0 Å². The van der Waals surface area contributed by atoms with Crippen LogP contribution in [0, 0.1) is 6.92 Å². The van der Waals surface area contributed by atoms with E-state index >= 15 is 0 Å². The van der Waals surface area contributed by atoms with Gasteiger partial charge in [-0.05, 0) is 49.8 Å². The van der Waals surface area contributed by atoms with E-state index in [1.165, 1.54) is 23.3 Å². The summed E-state index contributed by atoms with van der Waals surface area (Å²) in [6.45, 7) is 4.25. The summed E-state index contributed by atoms with van der Waals surface area (Å²) in [5.74, 6) is 1.85. The summed E-state index contributed by atoms with van der Waals surface area (Å²) in [5.41, 5.74) is 2.19. The van der Waals surface area contributed by atoms with Gasteiger partial charge in [0.25, 0.3) is 0 Å². The Kier molecular flexibility index (Phi) is 4.78. The number of aromatic nitrogens is 2. The average Bonchev–Trinajstić information content (AvgIpc) is 3.07. The van der Waals surface area contributed by atoms with Crippen molar-refractivity contribution in [3.63, 3.8) is 0 Å². The van der Waals surface area contributed by atoms with Gasteiger partial charge in [-0.3, -0.25) is 0 Å². The molecular weight excluding hydrogens is 290 g/mol. The third-order valence-corrected chi connectivity index (χ3v) is 4.57. The number of benzene rings is 1. The molecule has 2 aromatic rings. The van der Waals surface area contributed by atoms with Crippen LogP contribution in [0.25, 0.3) is 12.2 Å². The van der Waals surface area contributed by atoms with Gasteiger partial charge in [-0.15, -0.1) is 11.8 Å². The molecule has 3 rings (SSSR count). The van der Waals surface area contributed by atoms with Crippen LogP contribution in [0.2, 0.25) is 0 Å². The van der Waals surface area contributed by atoms with Gasteiger partial charge in [0.05, 0.1) is 0 Å². The van der Waals surface area contributed by atoms with E-state index in [0.717, 1.165) is 30.4 Å². The summed E-state index contributed by atoms with van der Waals surface area (Å²) in [6.07, 6.45) is 8.69. The molecule has 114 valence electrons. The van der Waals surface area contributed by atoms with Crippen LogP contribution < -0.4 is 4.90 Å². The van der Waals surface area contributed by atoms with E-state index < -0.39 is 0 Å². The van der Waals surface area contributed by atoms with Crippen LogP contribution in [0.15, 0.2) is 35.2 Å². The molecule has 0 radical (unpaired) electrons. The van der Waals surface area contributed by atoms with E-state index in [4.69, 9.17) is 0 Å². The van der Waals surface area contributed by atoms with Crippen molar-refractivity contribution in [1.29, 1.82) is 0 Å². The van der Waals surface area contributed by atoms with Gasteiger partial charge in [0, 0.05) is 29.7 Å². The normalized spacial score (nSPS) is 14.9. The Labute approximate surface area is 136 Å². The predicted molar refractivity (Wildman–Crippen MR) is 95.4 cm³/mol. The minimum atomic E-state index is 0.788. The highest BCUT2D eigenvalue weighted by Crippen LogP contribution is 2.20. The monoisotopic (exact) mass is 311 g/mol. The molecule has 22 heavy (non-hydrogen) atoms. The quantitative estimate of drug-likeness (QED) is 0.788. The molecule has 1 saturated heterocycles. The number of nitrogens with zero attached hydrogens (tertiary/aromatic N) is 3. The first-order valence-electron chi connectivity index (χ1n) is 7.67. The number of hydrogen-bond acceptors (Lipinski definition) is 4. The Balaban J connectivity index is 1.79. The molecule has 0 saturated carbocycles. The highest BCUT2D eigenvalue weighted by molar-refractivity contribution is 7.98. The van der Waals surface area contributed by atoms with E-state index in [1.807, 2.05) is 13.0 Å². The second kappa shape index (κ2) is 6.97. The van der Waals surface area contributed by atoms with Crippen molar-refractivity contribution in [1.82, 2.24) is 9.97 Å². The van der Waals surface area contributed by atoms with Crippen LogP contribution >= 0.6 is 11.8 Å². The summed E-state index contributed by atoms with van der Waals surface area (Å²) >= 11 is 1.76. The van der Waals surface area contributed by atoms with Crippen LogP contribution in [-0.4, -0.2) is 29.3 Å². The smallest absolute Gasteiger partial charge is 0.154 e. The third kappa shape index (κ3) is 3.69. The fraction of sp³-hybridized carbons (Fsp3) is 0.333. The highest BCUT2D eigenvalue weighted by atomic mass is 32.2. The molecule has 1 aromatic carbocycles. The van der Waals surface area contributed by atoms with Crippen LogP contribution in [0.3, 0.4) is 0 Å². The maximum Gasteiger partial charge on any atom is 0.154 e. The lowest BCUT2D eigenvalue weighted by Gasteiger charge is -2.16. The Morgan fingerprint density at radius 1 is 1.05 bits per heavy atom. The second-order valence-corrected chi connectivity index (χ2v) is 6.41.